The second kappa shape index (κ2) is 10.1. The van der Waals surface area contributed by atoms with E-state index >= 15 is 0 Å². The number of para-hydroxylation sites is 1. The highest BCUT2D eigenvalue weighted by Crippen LogP contribution is 2.32. The summed E-state index contributed by atoms with van der Waals surface area (Å²) in [6.45, 7) is 0.427. The average Bonchev–Trinajstić information content (AvgIpc) is 3.48. The molecule has 0 unspecified atom stereocenters. The number of rotatable bonds is 6. The highest BCUT2D eigenvalue weighted by atomic mass is 35.5. The number of nitrogens with one attached hydrogen (secondary N) is 4. The maximum atomic E-state index is 13.2. The number of hydrogen-bond acceptors (Lipinski definition) is 6. The molecule has 192 valence electrons. The van der Waals surface area contributed by atoms with Crippen LogP contribution in [-0.2, 0) is 6.54 Å². The van der Waals surface area contributed by atoms with Crippen molar-refractivity contribution in [2.24, 2.45) is 4.99 Å². The number of pyridine rings is 1. The lowest BCUT2D eigenvalue weighted by atomic mass is 10.1. The zero-order valence-corrected chi connectivity index (χ0v) is 21.9. The largest absolute Gasteiger partial charge is 0.367 e. The normalized spacial score (nSPS) is 18.4. The third kappa shape index (κ3) is 4.73. The van der Waals surface area contributed by atoms with Gasteiger partial charge in [0.05, 0.1) is 17.8 Å². The molecule has 1 aliphatic heterocycles. The van der Waals surface area contributed by atoms with Gasteiger partial charge in [0.2, 0.25) is 5.62 Å². The van der Waals surface area contributed by atoms with E-state index in [0.717, 1.165) is 36.1 Å². The fraction of sp³-hybridized carbons (Fsp3) is 0.214. The van der Waals surface area contributed by atoms with Gasteiger partial charge in [-0.3, -0.25) is 19.8 Å². The first kappa shape index (κ1) is 24.5. The Labute approximate surface area is 228 Å². The lowest BCUT2D eigenvalue weighted by Crippen LogP contribution is -2.56. The quantitative estimate of drug-likeness (QED) is 0.277. The van der Waals surface area contributed by atoms with E-state index in [1.54, 1.807) is 12.1 Å². The molecule has 1 fully saturated rings. The number of halogens is 2. The highest BCUT2D eigenvalue weighted by Gasteiger charge is 2.34. The Morgan fingerprint density at radius 3 is 2.63 bits per heavy atom. The third-order valence-electron chi connectivity index (χ3n) is 6.99. The van der Waals surface area contributed by atoms with Gasteiger partial charge in [-0.05, 0) is 49.1 Å². The van der Waals surface area contributed by atoms with E-state index in [0.29, 0.717) is 33.9 Å². The van der Waals surface area contributed by atoms with Crippen molar-refractivity contribution in [3.05, 3.63) is 109 Å². The molecule has 38 heavy (non-hydrogen) atoms. The lowest BCUT2D eigenvalue weighted by Gasteiger charge is -2.16. The summed E-state index contributed by atoms with van der Waals surface area (Å²) in [5.41, 5.74) is 3.67. The molecule has 4 N–H and O–H groups in total. The molecule has 4 aromatic rings. The van der Waals surface area contributed by atoms with Gasteiger partial charge >= 0.3 is 0 Å². The standard InChI is InChI=1S/C28H25Cl2N7O/c29-18-13-21(34-23(30)14-18)17-11-9-16(10-12-17)15-32-26(33-19-5-2-1-3-6-19)24-25(31)37-22-8-4-7-20(22)35-28(37)36-27(24)38/h1-3,5-6,9-14,20,22,31-33H,4,7-8,15H2,(H,35,36,38)/b26-24-,31-25?/t20-,22+/m1/s1. The van der Waals surface area contributed by atoms with Crippen molar-refractivity contribution >= 4 is 34.7 Å². The number of fused-ring (bicyclic) bond motifs is 3. The van der Waals surface area contributed by atoms with Crippen LogP contribution in [0.1, 0.15) is 30.9 Å². The number of hydrogen-bond donors (Lipinski definition) is 4. The van der Waals surface area contributed by atoms with Crippen LogP contribution in [0.2, 0.25) is 10.2 Å². The minimum atomic E-state index is -0.352. The van der Waals surface area contributed by atoms with Gasteiger partial charge in [0, 0.05) is 22.8 Å². The summed E-state index contributed by atoms with van der Waals surface area (Å²) in [5, 5.41) is 16.8. The Morgan fingerprint density at radius 2 is 1.87 bits per heavy atom. The van der Waals surface area contributed by atoms with E-state index in [1.165, 1.54) is 0 Å². The van der Waals surface area contributed by atoms with Crippen molar-refractivity contribution in [3.8, 4) is 11.3 Å². The lowest BCUT2D eigenvalue weighted by molar-refractivity contribution is 0.475. The van der Waals surface area contributed by atoms with Gasteiger partial charge in [0.25, 0.3) is 5.56 Å². The summed E-state index contributed by atoms with van der Waals surface area (Å²) in [7, 11) is 0. The molecule has 1 aliphatic carbocycles. The Hall–Kier alpha value is -3.88. The van der Waals surface area contributed by atoms with Crippen LogP contribution in [0.3, 0.4) is 0 Å². The van der Waals surface area contributed by atoms with Crippen LogP contribution in [-0.4, -0.2) is 20.6 Å². The molecule has 0 saturated heterocycles. The van der Waals surface area contributed by atoms with Gasteiger partial charge in [0.15, 0.2) is 0 Å². The summed E-state index contributed by atoms with van der Waals surface area (Å²) in [5.74, 6) is 0.464. The Balaban J connectivity index is 1.36. The summed E-state index contributed by atoms with van der Waals surface area (Å²) in [6.07, 6.45) is 3.01. The van der Waals surface area contributed by atoms with Crippen molar-refractivity contribution < 1.29 is 0 Å². The van der Waals surface area contributed by atoms with Crippen molar-refractivity contribution in [1.82, 2.24) is 19.9 Å². The first-order valence-electron chi connectivity index (χ1n) is 12.5. The molecule has 2 atom stereocenters. The summed E-state index contributed by atoms with van der Waals surface area (Å²) < 4.78 is 1.88. The SMILES string of the molecule is N=c1/c(=C(\NCc2ccc(-c3cc(Cl)cc(Cl)n3)cc2)Nc2ccccc2)c(=O)[nH]c2n1[C@H]1CCC[C@H]1N=2. The second-order valence-electron chi connectivity index (χ2n) is 9.48. The van der Waals surface area contributed by atoms with Crippen LogP contribution in [0.5, 0.6) is 0 Å². The topological polar surface area (TPSA) is 111 Å². The number of anilines is 1. The predicted octanol–water partition coefficient (Wildman–Crippen LogP) is 3.72. The molecule has 0 radical (unpaired) electrons. The molecule has 0 spiro atoms. The molecule has 10 heteroatoms. The number of H-pyrrole nitrogens is 1. The maximum Gasteiger partial charge on any atom is 0.265 e. The maximum absolute atomic E-state index is 13.2. The van der Waals surface area contributed by atoms with Gasteiger partial charge in [0.1, 0.15) is 21.7 Å². The van der Waals surface area contributed by atoms with Gasteiger partial charge in [-0.15, -0.1) is 0 Å². The van der Waals surface area contributed by atoms with Gasteiger partial charge in [-0.1, -0.05) is 65.7 Å². The van der Waals surface area contributed by atoms with Crippen molar-refractivity contribution in [2.45, 2.75) is 37.9 Å². The number of aromatic nitrogens is 3. The van der Waals surface area contributed by atoms with Gasteiger partial charge in [-0.2, -0.15) is 0 Å². The molecule has 3 heterocycles. The molecule has 1 saturated carbocycles. The first-order chi connectivity index (χ1) is 18.5. The van der Waals surface area contributed by atoms with Crippen LogP contribution in [0.25, 0.3) is 17.1 Å². The van der Waals surface area contributed by atoms with Crippen LogP contribution < -0.4 is 32.5 Å². The molecule has 0 bridgehead atoms. The Bertz CT molecular complexity index is 1730. The molecule has 8 nitrogen and oxygen atoms in total. The molecule has 0 amide bonds. The number of aromatic amines is 1. The molecule has 6 rings (SSSR count). The van der Waals surface area contributed by atoms with Crippen LogP contribution in [0.4, 0.5) is 5.69 Å². The van der Waals surface area contributed by atoms with E-state index in [2.05, 4.69) is 25.6 Å². The fourth-order valence-corrected chi connectivity index (χ4v) is 5.67. The molecular formula is C28H25Cl2N7O. The van der Waals surface area contributed by atoms with Crippen molar-refractivity contribution in [1.29, 1.82) is 5.41 Å². The van der Waals surface area contributed by atoms with Crippen LogP contribution in [0, 0.1) is 5.41 Å². The third-order valence-corrected chi connectivity index (χ3v) is 7.40. The minimum Gasteiger partial charge on any atom is -0.367 e. The molecular weight excluding hydrogens is 521 g/mol. The first-order valence-corrected chi connectivity index (χ1v) is 13.2. The summed E-state index contributed by atoms with van der Waals surface area (Å²) in [4.78, 5) is 25.2. The Kier molecular flexibility index (Phi) is 6.51. The van der Waals surface area contributed by atoms with Crippen LogP contribution >= 0.6 is 23.2 Å². The molecule has 2 aromatic heterocycles. The highest BCUT2D eigenvalue weighted by molar-refractivity contribution is 6.34. The summed E-state index contributed by atoms with van der Waals surface area (Å²) in [6, 6.07) is 21.1. The molecule has 2 aliphatic rings. The zero-order valence-electron chi connectivity index (χ0n) is 20.3. The van der Waals surface area contributed by atoms with Crippen molar-refractivity contribution in [2.75, 3.05) is 5.32 Å². The molecule has 2 aromatic carbocycles. The second-order valence-corrected chi connectivity index (χ2v) is 10.3. The smallest absolute Gasteiger partial charge is 0.265 e. The fourth-order valence-electron chi connectivity index (χ4n) is 5.20. The van der Waals surface area contributed by atoms with E-state index in [1.807, 2.05) is 59.2 Å². The monoisotopic (exact) mass is 545 g/mol. The van der Waals surface area contributed by atoms with E-state index < -0.39 is 0 Å². The zero-order chi connectivity index (χ0) is 26.2. The van der Waals surface area contributed by atoms with E-state index in [9.17, 15) is 4.79 Å². The number of benzene rings is 2. The van der Waals surface area contributed by atoms with E-state index in [4.69, 9.17) is 28.6 Å². The van der Waals surface area contributed by atoms with Crippen LogP contribution in [0.15, 0.2) is 76.5 Å². The predicted molar refractivity (Wildman–Crippen MR) is 148 cm³/mol. The van der Waals surface area contributed by atoms with Crippen molar-refractivity contribution in [3.63, 3.8) is 0 Å². The summed E-state index contributed by atoms with van der Waals surface area (Å²) >= 11 is 12.2. The minimum absolute atomic E-state index is 0.118. The average molecular weight is 546 g/mol. The van der Waals surface area contributed by atoms with Gasteiger partial charge in [-0.25, -0.2) is 9.98 Å². The Morgan fingerprint density at radius 1 is 1.08 bits per heavy atom. The van der Waals surface area contributed by atoms with E-state index in [-0.39, 0.29) is 28.3 Å². The number of nitrogens with zero attached hydrogens (tertiary/aromatic N) is 3. The van der Waals surface area contributed by atoms with Gasteiger partial charge < -0.3 is 10.6 Å².